The first-order valence-electron chi connectivity index (χ1n) is 7.72. The number of aromatic nitrogens is 2. The Balaban J connectivity index is 2.04. The highest BCUT2D eigenvalue weighted by Gasteiger charge is 2.25. The minimum Gasteiger partial charge on any atom is -0.593 e. The second-order valence-corrected chi connectivity index (χ2v) is 7.74. The van der Waals surface area contributed by atoms with Crippen LogP contribution in [0.25, 0.3) is 11.0 Å². The number of H-pyrrole nitrogens is 1. The van der Waals surface area contributed by atoms with E-state index in [-0.39, 0.29) is 11.3 Å². The van der Waals surface area contributed by atoms with Crippen LogP contribution in [0.3, 0.4) is 0 Å². The molecule has 0 aliphatic rings. The highest BCUT2D eigenvalue weighted by molar-refractivity contribution is 9.10. The molecule has 2 aromatic heterocycles. The summed E-state index contributed by atoms with van der Waals surface area (Å²) in [5.41, 5.74) is -0.362. The van der Waals surface area contributed by atoms with Crippen LogP contribution in [0.15, 0.2) is 35.1 Å². The largest absolute Gasteiger partial charge is 0.593 e. The van der Waals surface area contributed by atoms with Gasteiger partial charge in [0.2, 0.25) is 5.78 Å². The van der Waals surface area contributed by atoms with E-state index < -0.39 is 34.3 Å². The van der Waals surface area contributed by atoms with Gasteiger partial charge in [0, 0.05) is 27.8 Å². The molecule has 0 spiro atoms. The van der Waals surface area contributed by atoms with Gasteiger partial charge in [-0.05, 0) is 40.5 Å². The minimum absolute atomic E-state index is 0.0958. The van der Waals surface area contributed by atoms with Crippen LogP contribution in [0.5, 0.6) is 0 Å². The topological polar surface area (TPSA) is 80.8 Å². The number of anilines is 1. The van der Waals surface area contributed by atoms with Crippen molar-refractivity contribution in [1.82, 2.24) is 9.97 Å². The highest BCUT2D eigenvalue weighted by atomic mass is 79.9. The van der Waals surface area contributed by atoms with E-state index in [0.717, 1.165) is 12.1 Å². The Morgan fingerprint density at radius 2 is 2.19 bits per heavy atom. The normalized spacial score (nSPS) is 12.3. The molecule has 0 aliphatic heterocycles. The third-order valence-electron chi connectivity index (χ3n) is 3.67. The molecule has 0 bridgehead atoms. The summed E-state index contributed by atoms with van der Waals surface area (Å²) < 4.78 is 43.9. The predicted molar refractivity (Wildman–Crippen MR) is 101 cm³/mol. The number of carbonyl (C=O) groups excluding carboxylic acids is 1. The maximum Gasteiger partial charge on any atom is 0.201 e. The summed E-state index contributed by atoms with van der Waals surface area (Å²) >= 11 is 1.74. The lowest BCUT2D eigenvalue weighted by Crippen LogP contribution is -2.18. The monoisotopic (exact) mass is 441 g/mol. The molecule has 0 saturated carbocycles. The van der Waals surface area contributed by atoms with Crippen LogP contribution in [0.4, 0.5) is 14.5 Å². The molecule has 3 aromatic rings. The number of pyridine rings is 1. The summed E-state index contributed by atoms with van der Waals surface area (Å²) in [6, 6.07) is 3.74. The fourth-order valence-corrected chi connectivity index (χ4v) is 3.71. The van der Waals surface area contributed by atoms with Crippen LogP contribution in [-0.4, -0.2) is 26.1 Å². The van der Waals surface area contributed by atoms with E-state index >= 15 is 0 Å². The van der Waals surface area contributed by atoms with Gasteiger partial charge in [-0.3, -0.25) is 4.79 Å². The smallest absolute Gasteiger partial charge is 0.201 e. The van der Waals surface area contributed by atoms with Crippen LogP contribution in [0.1, 0.15) is 29.3 Å². The summed E-state index contributed by atoms with van der Waals surface area (Å²) in [5, 5.41) is 0.441. The summed E-state index contributed by atoms with van der Waals surface area (Å²) in [6.45, 7) is 1.83. The molecule has 9 heteroatoms. The Labute approximate surface area is 159 Å². The Kier molecular flexibility index (Phi) is 5.59. The Hall–Kier alpha value is -1.97. The first-order chi connectivity index (χ1) is 12.4. The summed E-state index contributed by atoms with van der Waals surface area (Å²) in [7, 11) is 0. The molecule has 1 atom stereocenters. The number of aromatic amines is 1. The van der Waals surface area contributed by atoms with Gasteiger partial charge in [-0.25, -0.2) is 18.5 Å². The number of hydrogen-bond acceptors (Lipinski definition) is 4. The van der Waals surface area contributed by atoms with Gasteiger partial charge in [0.25, 0.3) is 0 Å². The molecule has 1 aromatic carbocycles. The molecule has 0 radical (unpaired) electrons. The molecule has 1 unspecified atom stereocenters. The lowest BCUT2D eigenvalue weighted by molar-refractivity contribution is 0.103. The van der Waals surface area contributed by atoms with Crippen molar-refractivity contribution < 1.29 is 18.1 Å². The average Bonchev–Trinajstić information content (AvgIpc) is 3.00. The van der Waals surface area contributed by atoms with Gasteiger partial charge in [-0.15, -0.1) is 0 Å². The fraction of sp³-hybridized carbons (Fsp3) is 0.176. The van der Waals surface area contributed by atoms with Gasteiger partial charge < -0.3 is 9.54 Å². The lowest BCUT2D eigenvalue weighted by atomic mass is 10.0. The van der Waals surface area contributed by atoms with E-state index in [0.29, 0.717) is 27.7 Å². The molecular weight excluding hydrogens is 428 g/mol. The number of fused-ring (bicyclic) bond motifs is 1. The second-order valence-electron chi connectivity index (χ2n) is 5.52. The van der Waals surface area contributed by atoms with Crippen molar-refractivity contribution in [2.45, 2.75) is 13.3 Å². The van der Waals surface area contributed by atoms with Gasteiger partial charge in [-0.1, -0.05) is 6.92 Å². The standard InChI is InChI=1S/C17H14BrF2N3O2S/c1-2-5-26(25)23-13-4-3-12(19)14(15(13)20)16(24)11-8-22-17-10(11)6-9(18)7-21-17/h3-4,6-8,23H,2,5H2,1H3,(H,21,22). The van der Waals surface area contributed by atoms with Gasteiger partial charge >= 0.3 is 0 Å². The van der Waals surface area contributed by atoms with E-state index in [9.17, 15) is 18.1 Å². The molecule has 5 nitrogen and oxygen atoms in total. The summed E-state index contributed by atoms with van der Waals surface area (Å²) in [5.74, 6) is -2.58. The van der Waals surface area contributed by atoms with Gasteiger partial charge in [0.1, 0.15) is 22.9 Å². The van der Waals surface area contributed by atoms with Crippen molar-refractivity contribution >= 4 is 49.8 Å². The molecule has 26 heavy (non-hydrogen) atoms. The van der Waals surface area contributed by atoms with Crippen molar-refractivity contribution in [2.75, 3.05) is 10.5 Å². The molecule has 3 rings (SSSR count). The summed E-state index contributed by atoms with van der Waals surface area (Å²) in [4.78, 5) is 19.7. The van der Waals surface area contributed by atoms with E-state index in [1.54, 1.807) is 12.3 Å². The third-order valence-corrected chi connectivity index (χ3v) is 5.33. The van der Waals surface area contributed by atoms with E-state index in [1.165, 1.54) is 6.20 Å². The number of rotatable bonds is 6. The first kappa shape index (κ1) is 18.8. The van der Waals surface area contributed by atoms with Crippen LogP contribution < -0.4 is 4.72 Å². The number of hydrogen-bond donors (Lipinski definition) is 2. The fourth-order valence-electron chi connectivity index (χ4n) is 2.50. The first-order valence-corrected chi connectivity index (χ1v) is 9.84. The SMILES string of the molecule is CCC[S+]([O-])Nc1ccc(F)c(C(=O)c2c[nH]c3ncc(Br)cc23)c1F. The molecular formula is C17H14BrF2N3O2S. The maximum atomic E-state index is 14.8. The van der Waals surface area contributed by atoms with Crippen molar-refractivity contribution in [3.05, 3.63) is 57.8 Å². The zero-order valence-electron chi connectivity index (χ0n) is 13.6. The zero-order chi connectivity index (χ0) is 18.8. The molecule has 0 saturated heterocycles. The third kappa shape index (κ3) is 3.60. The lowest BCUT2D eigenvalue weighted by Gasteiger charge is -2.13. The summed E-state index contributed by atoms with van der Waals surface area (Å²) in [6.07, 6.45) is 3.54. The van der Waals surface area contributed by atoms with Crippen molar-refractivity contribution in [3.63, 3.8) is 0 Å². The van der Waals surface area contributed by atoms with Crippen molar-refractivity contribution in [3.8, 4) is 0 Å². The predicted octanol–water partition coefficient (Wildman–Crippen LogP) is 4.32. The molecule has 2 heterocycles. The zero-order valence-corrected chi connectivity index (χ0v) is 16.0. The number of nitrogens with zero attached hydrogens (tertiary/aromatic N) is 1. The number of ketones is 1. The minimum atomic E-state index is -1.52. The maximum absolute atomic E-state index is 14.8. The van der Waals surface area contributed by atoms with E-state index in [2.05, 4.69) is 30.6 Å². The average molecular weight is 442 g/mol. The molecule has 2 N–H and O–H groups in total. The number of carbonyl (C=O) groups is 1. The van der Waals surface area contributed by atoms with E-state index in [1.807, 2.05) is 6.92 Å². The van der Waals surface area contributed by atoms with Crippen LogP contribution in [0.2, 0.25) is 0 Å². The number of benzene rings is 1. The quantitative estimate of drug-likeness (QED) is 0.440. The Morgan fingerprint density at radius 3 is 2.92 bits per heavy atom. The number of nitrogens with one attached hydrogen (secondary N) is 2. The molecule has 0 fully saturated rings. The Bertz CT molecular complexity index is 980. The van der Waals surface area contributed by atoms with Crippen LogP contribution in [-0.2, 0) is 11.4 Å². The van der Waals surface area contributed by atoms with Gasteiger partial charge in [0.05, 0.1) is 16.9 Å². The Morgan fingerprint density at radius 1 is 1.42 bits per heavy atom. The molecule has 0 aliphatic carbocycles. The molecule has 136 valence electrons. The van der Waals surface area contributed by atoms with E-state index in [4.69, 9.17) is 0 Å². The van der Waals surface area contributed by atoms with Crippen molar-refractivity contribution in [1.29, 1.82) is 0 Å². The van der Waals surface area contributed by atoms with Crippen LogP contribution in [0, 0.1) is 11.6 Å². The molecule has 0 amide bonds. The van der Waals surface area contributed by atoms with Crippen molar-refractivity contribution in [2.24, 2.45) is 0 Å². The number of halogens is 3. The van der Waals surface area contributed by atoms with Crippen LogP contribution >= 0.6 is 15.9 Å². The van der Waals surface area contributed by atoms with Gasteiger partial charge in [0.15, 0.2) is 5.82 Å². The highest BCUT2D eigenvalue weighted by Crippen LogP contribution is 2.28. The second kappa shape index (κ2) is 7.73. The van der Waals surface area contributed by atoms with Gasteiger partial charge in [-0.2, -0.15) is 0 Å².